The van der Waals surface area contributed by atoms with E-state index in [0.29, 0.717) is 15.5 Å². The number of benzene rings is 1. The third kappa shape index (κ3) is 3.02. The normalized spacial score (nSPS) is 17.3. The van der Waals surface area contributed by atoms with Crippen LogP contribution in [0.2, 0.25) is 5.02 Å². The minimum atomic E-state index is -3.46. The Morgan fingerprint density at radius 2 is 1.85 bits per heavy atom. The van der Waals surface area contributed by atoms with Crippen molar-refractivity contribution in [2.75, 3.05) is 0 Å². The second-order valence-corrected chi connectivity index (χ2v) is 8.02. The topological polar surface area (TPSA) is 37.4 Å². The number of sulfonamides is 1. The molecule has 1 saturated carbocycles. The van der Waals surface area contributed by atoms with Crippen LogP contribution in [0, 0.1) is 6.92 Å². The summed E-state index contributed by atoms with van der Waals surface area (Å²) in [5.41, 5.74) is 0.709. The second kappa shape index (κ2) is 6.04. The van der Waals surface area contributed by atoms with Crippen molar-refractivity contribution in [2.45, 2.75) is 63.4 Å². The molecule has 1 aromatic carbocycles. The first-order chi connectivity index (χ1) is 9.34. The molecular formula is C15H22ClNO2S. The van der Waals surface area contributed by atoms with Crippen LogP contribution in [0.4, 0.5) is 0 Å². The third-order valence-electron chi connectivity index (χ3n) is 3.89. The molecule has 0 saturated heterocycles. The molecule has 0 unspecified atom stereocenters. The minimum Gasteiger partial charge on any atom is -0.207 e. The minimum absolute atomic E-state index is 0.0295. The molecule has 112 valence electrons. The molecule has 0 spiro atoms. The molecule has 0 aromatic heterocycles. The van der Waals surface area contributed by atoms with Crippen molar-refractivity contribution in [3.05, 3.63) is 28.8 Å². The lowest BCUT2D eigenvalue weighted by molar-refractivity contribution is 0.275. The largest absolute Gasteiger partial charge is 0.243 e. The Labute approximate surface area is 127 Å². The smallest absolute Gasteiger partial charge is 0.207 e. The van der Waals surface area contributed by atoms with E-state index < -0.39 is 10.0 Å². The van der Waals surface area contributed by atoms with Gasteiger partial charge in [0.25, 0.3) is 0 Å². The highest BCUT2D eigenvalue weighted by atomic mass is 35.5. The fourth-order valence-electron chi connectivity index (χ4n) is 3.07. The molecule has 0 heterocycles. The quantitative estimate of drug-likeness (QED) is 0.842. The molecule has 3 nitrogen and oxygen atoms in total. The van der Waals surface area contributed by atoms with Gasteiger partial charge in [-0.15, -0.1) is 0 Å². The highest BCUT2D eigenvalue weighted by molar-refractivity contribution is 7.89. The first kappa shape index (κ1) is 15.8. The van der Waals surface area contributed by atoms with Gasteiger partial charge in [0.2, 0.25) is 10.0 Å². The third-order valence-corrected chi connectivity index (χ3v) is 6.41. The highest BCUT2D eigenvalue weighted by Gasteiger charge is 2.35. The standard InChI is InChI=1S/C15H22ClNO2S/c1-11(2)17(14-6-4-5-7-14)20(18,19)15-9-8-13(16)10-12(15)3/h8-11,14H,4-7H2,1-3H3. The van der Waals surface area contributed by atoms with E-state index in [9.17, 15) is 8.42 Å². The van der Waals surface area contributed by atoms with Crippen LogP contribution < -0.4 is 0 Å². The molecule has 1 aromatic rings. The van der Waals surface area contributed by atoms with E-state index in [0.717, 1.165) is 25.7 Å². The van der Waals surface area contributed by atoms with E-state index in [1.54, 1.807) is 29.4 Å². The molecule has 20 heavy (non-hydrogen) atoms. The lowest BCUT2D eigenvalue weighted by Gasteiger charge is -2.32. The summed E-state index contributed by atoms with van der Waals surface area (Å²) in [5, 5.41) is 0.568. The summed E-state index contributed by atoms with van der Waals surface area (Å²) in [4.78, 5) is 0.377. The predicted octanol–water partition coefficient (Wildman–Crippen LogP) is 3.99. The molecule has 0 bridgehead atoms. The number of rotatable bonds is 4. The van der Waals surface area contributed by atoms with Gasteiger partial charge in [-0.2, -0.15) is 4.31 Å². The maximum absolute atomic E-state index is 13.0. The van der Waals surface area contributed by atoms with Crippen molar-refractivity contribution in [3.63, 3.8) is 0 Å². The average molecular weight is 316 g/mol. The molecule has 0 atom stereocenters. The van der Waals surface area contributed by atoms with Crippen molar-refractivity contribution >= 4 is 21.6 Å². The van der Waals surface area contributed by atoms with E-state index >= 15 is 0 Å². The van der Waals surface area contributed by atoms with Crippen molar-refractivity contribution in [3.8, 4) is 0 Å². The highest BCUT2D eigenvalue weighted by Crippen LogP contribution is 2.32. The Hall–Kier alpha value is -0.580. The molecule has 0 N–H and O–H groups in total. The Balaban J connectivity index is 2.44. The van der Waals surface area contributed by atoms with Crippen LogP contribution in [0.25, 0.3) is 0 Å². The summed E-state index contributed by atoms with van der Waals surface area (Å²) >= 11 is 5.93. The zero-order valence-corrected chi connectivity index (χ0v) is 13.8. The molecular weight excluding hydrogens is 294 g/mol. The SMILES string of the molecule is Cc1cc(Cl)ccc1S(=O)(=O)N(C(C)C)C1CCCC1. The molecule has 2 rings (SSSR count). The molecule has 0 aliphatic heterocycles. The molecule has 0 amide bonds. The van der Waals surface area contributed by atoms with E-state index in [-0.39, 0.29) is 12.1 Å². The number of hydrogen-bond acceptors (Lipinski definition) is 2. The number of hydrogen-bond donors (Lipinski definition) is 0. The van der Waals surface area contributed by atoms with Crippen LogP contribution in [0.5, 0.6) is 0 Å². The van der Waals surface area contributed by atoms with Crippen molar-refractivity contribution in [1.29, 1.82) is 0 Å². The van der Waals surface area contributed by atoms with Crippen molar-refractivity contribution in [2.24, 2.45) is 0 Å². The first-order valence-corrected chi connectivity index (χ1v) is 8.95. The average Bonchev–Trinajstić information content (AvgIpc) is 2.80. The van der Waals surface area contributed by atoms with E-state index in [2.05, 4.69) is 0 Å². The van der Waals surface area contributed by atoms with Gasteiger partial charge in [0, 0.05) is 17.1 Å². The molecule has 0 radical (unpaired) electrons. The zero-order chi connectivity index (χ0) is 14.9. The number of aryl methyl sites for hydroxylation is 1. The number of halogens is 1. The molecule has 1 fully saturated rings. The van der Waals surface area contributed by atoms with Crippen LogP contribution >= 0.6 is 11.6 Å². The summed E-state index contributed by atoms with van der Waals surface area (Å²) < 4.78 is 27.6. The first-order valence-electron chi connectivity index (χ1n) is 7.13. The fraction of sp³-hybridized carbons (Fsp3) is 0.600. The van der Waals surface area contributed by atoms with Crippen LogP contribution in [-0.2, 0) is 10.0 Å². The summed E-state index contributed by atoms with van der Waals surface area (Å²) in [6, 6.07) is 5.08. The summed E-state index contributed by atoms with van der Waals surface area (Å²) in [6.45, 7) is 5.69. The lowest BCUT2D eigenvalue weighted by Crippen LogP contribution is -2.43. The van der Waals surface area contributed by atoms with Gasteiger partial charge < -0.3 is 0 Å². The molecule has 5 heteroatoms. The lowest BCUT2D eigenvalue weighted by atomic mass is 10.2. The van der Waals surface area contributed by atoms with Crippen LogP contribution in [-0.4, -0.2) is 24.8 Å². The Morgan fingerprint density at radius 3 is 2.35 bits per heavy atom. The molecule has 1 aliphatic carbocycles. The fourth-order valence-corrected chi connectivity index (χ4v) is 5.39. The second-order valence-electron chi connectivity index (χ2n) is 5.78. The van der Waals surface area contributed by atoms with Gasteiger partial charge in [-0.1, -0.05) is 24.4 Å². The van der Waals surface area contributed by atoms with Crippen LogP contribution in [0.15, 0.2) is 23.1 Å². The monoisotopic (exact) mass is 315 g/mol. The van der Waals surface area contributed by atoms with Crippen molar-refractivity contribution in [1.82, 2.24) is 4.31 Å². The van der Waals surface area contributed by atoms with Crippen molar-refractivity contribution < 1.29 is 8.42 Å². The van der Waals surface area contributed by atoms with Gasteiger partial charge in [-0.25, -0.2) is 8.42 Å². The zero-order valence-electron chi connectivity index (χ0n) is 12.3. The Morgan fingerprint density at radius 1 is 1.25 bits per heavy atom. The van der Waals surface area contributed by atoms with Gasteiger partial charge in [-0.05, 0) is 57.4 Å². The maximum atomic E-state index is 13.0. The summed E-state index contributed by atoms with van der Waals surface area (Å²) in [7, 11) is -3.46. The Kier molecular flexibility index (Phi) is 4.77. The van der Waals surface area contributed by atoms with Gasteiger partial charge in [-0.3, -0.25) is 0 Å². The van der Waals surface area contributed by atoms with E-state index in [4.69, 9.17) is 11.6 Å². The maximum Gasteiger partial charge on any atom is 0.243 e. The van der Waals surface area contributed by atoms with Gasteiger partial charge in [0.05, 0.1) is 4.90 Å². The van der Waals surface area contributed by atoms with Gasteiger partial charge in [0.1, 0.15) is 0 Å². The van der Waals surface area contributed by atoms with E-state index in [1.807, 2.05) is 13.8 Å². The van der Waals surface area contributed by atoms with Crippen LogP contribution in [0.1, 0.15) is 45.1 Å². The molecule has 1 aliphatic rings. The van der Waals surface area contributed by atoms with Gasteiger partial charge >= 0.3 is 0 Å². The summed E-state index contributed by atoms with van der Waals surface area (Å²) in [5.74, 6) is 0. The van der Waals surface area contributed by atoms with E-state index in [1.165, 1.54) is 0 Å². The predicted molar refractivity (Wildman–Crippen MR) is 82.6 cm³/mol. The number of nitrogens with zero attached hydrogens (tertiary/aromatic N) is 1. The van der Waals surface area contributed by atoms with Crippen LogP contribution in [0.3, 0.4) is 0 Å². The summed E-state index contributed by atoms with van der Waals surface area (Å²) in [6.07, 6.45) is 4.15. The Bertz CT molecular complexity index is 578. The van der Waals surface area contributed by atoms with Gasteiger partial charge in [0.15, 0.2) is 0 Å².